The highest BCUT2D eigenvalue weighted by molar-refractivity contribution is 5.83. The van der Waals surface area contributed by atoms with Crippen molar-refractivity contribution in [2.75, 3.05) is 20.1 Å². The molecule has 0 saturated carbocycles. The quantitative estimate of drug-likeness (QED) is 0.532. The van der Waals surface area contributed by atoms with E-state index in [2.05, 4.69) is 16.0 Å². The van der Waals surface area contributed by atoms with Crippen LogP contribution < -0.4 is 16.0 Å². The van der Waals surface area contributed by atoms with Crippen LogP contribution in [0.1, 0.15) is 34.1 Å². The first kappa shape index (κ1) is 19.2. The second-order valence-corrected chi connectivity index (χ2v) is 6.19. The van der Waals surface area contributed by atoms with Crippen LogP contribution in [0.4, 0.5) is 4.79 Å². The molecule has 4 N–H and O–H groups in total. The van der Waals surface area contributed by atoms with E-state index < -0.39 is 23.3 Å². The summed E-state index contributed by atoms with van der Waals surface area (Å²) >= 11 is 0. The maximum absolute atomic E-state index is 11.7. The molecule has 0 aliphatic heterocycles. The van der Waals surface area contributed by atoms with E-state index in [-0.39, 0.29) is 24.9 Å². The maximum Gasteiger partial charge on any atom is 0.314 e. The van der Waals surface area contributed by atoms with E-state index in [1.165, 1.54) is 7.05 Å². The molecule has 0 fully saturated rings. The number of carboxylic acids is 1. The van der Waals surface area contributed by atoms with Gasteiger partial charge in [-0.2, -0.15) is 0 Å². The zero-order valence-corrected chi connectivity index (χ0v) is 13.4. The second kappa shape index (κ2) is 8.49. The van der Waals surface area contributed by atoms with E-state index in [1.807, 2.05) is 13.8 Å². The lowest BCUT2D eigenvalue weighted by Crippen LogP contribution is -2.47. The molecule has 21 heavy (non-hydrogen) atoms. The minimum absolute atomic E-state index is 0.0692. The van der Waals surface area contributed by atoms with Crippen LogP contribution in [0, 0.1) is 17.3 Å². The van der Waals surface area contributed by atoms with Crippen LogP contribution in [0.2, 0.25) is 0 Å². The summed E-state index contributed by atoms with van der Waals surface area (Å²) in [4.78, 5) is 34.3. The fourth-order valence-electron chi connectivity index (χ4n) is 1.84. The van der Waals surface area contributed by atoms with Crippen LogP contribution >= 0.6 is 0 Å². The first-order valence-electron chi connectivity index (χ1n) is 7.06. The Morgan fingerprint density at radius 3 is 2.14 bits per heavy atom. The summed E-state index contributed by atoms with van der Waals surface area (Å²) in [6.07, 6.45) is 0.499. The highest BCUT2D eigenvalue weighted by Gasteiger charge is 2.27. The van der Waals surface area contributed by atoms with E-state index in [4.69, 9.17) is 5.11 Å². The first-order chi connectivity index (χ1) is 9.60. The summed E-state index contributed by atoms with van der Waals surface area (Å²) in [5.74, 6) is -1.47. The molecule has 0 rings (SSSR count). The molecule has 0 aromatic rings. The molecule has 0 aromatic carbocycles. The molecule has 0 saturated heterocycles. The van der Waals surface area contributed by atoms with E-state index in [0.29, 0.717) is 6.42 Å². The van der Waals surface area contributed by atoms with Crippen molar-refractivity contribution >= 4 is 17.9 Å². The van der Waals surface area contributed by atoms with Crippen LogP contribution in [0.3, 0.4) is 0 Å². The van der Waals surface area contributed by atoms with Crippen molar-refractivity contribution < 1.29 is 19.5 Å². The van der Waals surface area contributed by atoms with Gasteiger partial charge in [-0.1, -0.05) is 13.8 Å². The van der Waals surface area contributed by atoms with Gasteiger partial charge in [0.2, 0.25) is 5.91 Å². The third-order valence-corrected chi connectivity index (χ3v) is 3.15. The molecule has 0 aliphatic carbocycles. The standard InChI is InChI=1S/C14H27N3O4/c1-9(2)6-10(11(18)19)7-16-13(21)17-8-14(3,4)12(20)15-5/h9-10H,6-8H2,1-5H3,(H,15,20)(H,18,19)(H2,16,17,21). The first-order valence-corrected chi connectivity index (χ1v) is 7.06. The molecule has 7 heteroatoms. The Balaban J connectivity index is 4.26. The van der Waals surface area contributed by atoms with Gasteiger partial charge in [0.25, 0.3) is 0 Å². The number of carboxylic acid groups (broad SMARTS) is 1. The van der Waals surface area contributed by atoms with Gasteiger partial charge in [0.05, 0.1) is 11.3 Å². The molecule has 0 heterocycles. The number of rotatable bonds is 8. The Morgan fingerprint density at radius 1 is 1.14 bits per heavy atom. The van der Waals surface area contributed by atoms with Gasteiger partial charge in [-0.05, 0) is 26.2 Å². The molecule has 0 aliphatic rings. The Labute approximate surface area is 125 Å². The van der Waals surface area contributed by atoms with E-state index in [0.717, 1.165) is 0 Å². The number of carbonyl (C=O) groups excluding carboxylic acids is 2. The van der Waals surface area contributed by atoms with Gasteiger partial charge in [-0.3, -0.25) is 9.59 Å². The molecule has 122 valence electrons. The average molecular weight is 301 g/mol. The Bertz CT molecular complexity index is 380. The van der Waals surface area contributed by atoms with Crippen molar-refractivity contribution in [2.45, 2.75) is 34.1 Å². The summed E-state index contributed by atoms with van der Waals surface area (Å²) in [6, 6.07) is -0.470. The topological polar surface area (TPSA) is 108 Å². The molecule has 0 aromatic heterocycles. The number of urea groups is 1. The van der Waals surface area contributed by atoms with Gasteiger partial charge in [-0.15, -0.1) is 0 Å². The van der Waals surface area contributed by atoms with Crippen LogP contribution in [0.15, 0.2) is 0 Å². The minimum Gasteiger partial charge on any atom is -0.481 e. The molecular formula is C14H27N3O4. The van der Waals surface area contributed by atoms with E-state index in [1.54, 1.807) is 13.8 Å². The van der Waals surface area contributed by atoms with Crippen LogP contribution in [-0.2, 0) is 9.59 Å². The van der Waals surface area contributed by atoms with Crippen LogP contribution in [0.25, 0.3) is 0 Å². The molecule has 1 unspecified atom stereocenters. The lowest BCUT2D eigenvalue weighted by atomic mass is 9.92. The molecular weight excluding hydrogens is 274 g/mol. The fraction of sp³-hybridized carbons (Fsp3) is 0.786. The smallest absolute Gasteiger partial charge is 0.314 e. The SMILES string of the molecule is CNC(=O)C(C)(C)CNC(=O)NCC(CC(C)C)C(=O)O. The maximum atomic E-state index is 11.7. The zero-order valence-electron chi connectivity index (χ0n) is 13.4. The summed E-state index contributed by atoms with van der Waals surface area (Å²) < 4.78 is 0. The monoisotopic (exact) mass is 301 g/mol. The third-order valence-electron chi connectivity index (χ3n) is 3.15. The molecule has 3 amide bonds. The fourth-order valence-corrected chi connectivity index (χ4v) is 1.84. The second-order valence-electron chi connectivity index (χ2n) is 6.19. The molecule has 0 radical (unpaired) electrons. The van der Waals surface area contributed by atoms with Gasteiger partial charge in [0.1, 0.15) is 0 Å². The van der Waals surface area contributed by atoms with Gasteiger partial charge in [-0.25, -0.2) is 4.79 Å². The molecule has 1 atom stereocenters. The predicted octanol–water partition coefficient (Wildman–Crippen LogP) is 0.805. The number of aliphatic carboxylic acids is 1. The Kier molecular flexibility index (Phi) is 7.76. The van der Waals surface area contributed by atoms with Gasteiger partial charge in [0.15, 0.2) is 0 Å². The molecule has 0 bridgehead atoms. The van der Waals surface area contributed by atoms with Crippen molar-refractivity contribution in [1.82, 2.24) is 16.0 Å². The molecule has 0 spiro atoms. The summed E-state index contributed by atoms with van der Waals surface area (Å²) in [6.45, 7) is 7.53. The highest BCUT2D eigenvalue weighted by Crippen LogP contribution is 2.13. The number of hydrogen-bond acceptors (Lipinski definition) is 3. The van der Waals surface area contributed by atoms with E-state index in [9.17, 15) is 14.4 Å². The number of hydrogen-bond donors (Lipinski definition) is 4. The van der Waals surface area contributed by atoms with Gasteiger partial charge in [0, 0.05) is 20.1 Å². The number of nitrogens with one attached hydrogen (secondary N) is 3. The largest absolute Gasteiger partial charge is 0.481 e. The normalized spacial score (nSPS) is 12.7. The lowest BCUT2D eigenvalue weighted by molar-refractivity contribution is -0.142. The predicted molar refractivity (Wildman–Crippen MR) is 79.8 cm³/mol. The van der Waals surface area contributed by atoms with Crippen LogP contribution in [-0.4, -0.2) is 43.2 Å². The summed E-state index contributed by atoms with van der Waals surface area (Å²) in [5.41, 5.74) is -0.726. The van der Waals surface area contributed by atoms with Crippen molar-refractivity contribution in [3.8, 4) is 0 Å². The molecule has 7 nitrogen and oxygen atoms in total. The van der Waals surface area contributed by atoms with Gasteiger partial charge < -0.3 is 21.1 Å². The lowest BCUT2D eigenvalue weighted by Gasteiger charge is -2.23. The van der Waals surface area contributed by atoms with Crippen molar-refractivity contribution in [1.29, 1.82) is 0 Å². The number of carbonyl (C=O) groups is 3. The Hall–Kier alpha value is -1.79. The van der Waals surface area contributed by atoms with E-state index >= 15 is 0 Å². The summed E-state index contributed by atoms with van der Waals surface area (Å²) in [7, 11) is 1.54. The van der Waals surface area contributed by atoms with Crippen molar-refractivity contribution in [3.05, 3.63) is 0 Å². The number of amides is 3. The summed E-state index contributed by atoms with van der Waals surface area (Å²) in [5, 5.41) is 16.7. The van der Waals surface area contributed by atoms with Crippen molar-refractivity contribution in [2.24, 2.45) is 17.3 Å². The Morgan fingerprint density at radius 2 is 1.71 bits per heavy atom. The highest BCUT2D eigenvalue weighted by atomic mass is 16.4. The minimum atomic E-state index is -0.922. The zero-order chi connectivity index (χ0) is 16.6. The van der Waals surface area contributed by atoms with Crippen LogP contribution in [0.5, 0.6) is 0 Å². The third kappa shape index (κ3) is 7.53. The van der Waals surface area contributed by atoms with Crippen molar-refractivity contribution in [3.63, 3.8) is 0 Å². The van der Waals surface area contributed by atoms with Gasteiger partial charge >= 0.3 is 12.0 Å². The average Bonchev–Trinajstić information content (AvgIpc) is 2.39.